The summed E-state index contributed by atoms with van der Waals surface area (Å²) < 4.78 is 0. The lowest BCUT2D eigenvalue weighted by atomic mass is 9.94. The van der Waals surface area contributed by atoms with E-state index in [1.165, 1.54) is 0 Å². The lowest BCUT2D eigenvalue weighted by Crippen LogP contribution is -2.49. The maximum atomic E-state index is 12.2. The van der Waals surface area contributed by atoms with Crippen LogP contribution in [0.25, 0.3) is 0 Å². The molecule has 0 spiro atoms. The van der Waals surface area contributed by atoms with E-state index in [2.05, 4.69) is 19.2 Å². The van der Waals surface area contributed by atoms with Crippen molar-refractivity contribution in [2.75, 3.05) is 12.8 Å². The predicted molar refractivity (Wildman–Crippen MR) is 82.8 cm³/mol. The summed E-state index contributed by atoms with van der Waals surface area (Å²) in [4.78, 5) is 13.3. The molecule has 0 aliphatic carbocycles. The van der Waals surface area contributed by atoms with Crippen LogP contribution in [-0.4, -0.2) is 24.2 Å². The molecule has 0 bridgehead atoms. The van der Waals surface area contributed by atoms with Crippen molar-refractivity contribution in [3.63, 3.8) is 0 Å². The Bertz CT molecular complexity index is 442. The molecule has 0 unspecified atom stereocenters. The maximum absolute atomic E-state index is 12.2. The first-order valence-electron chi connectivity index (χ1n) is 6.67. The second kappa shape index (κ2) is 6.96. The number of thioether (sulfide) groups is 1. The number of nitrogens with two attached hydrogens (primary N) is 1. The predicted octanol–water partition coefficient (Wildman–Crippen LogP) is 2.96. The fourth-order valence-corrected chi connectivity index (χ4v) is 2.26. The Morgan fingerprint density at radius 3 is 2.53 bits per heavy atom. The van der Waals surface area contributed by atoms with Crippen molar-refractivity contribution in [1.82, 2.24) is 5.32 Å². The van der Waals surface area contributed by atoms with Gasteiger partial charge in [0.25, 0.3) is 5.91 Å². The minimum absolute atomic E-state index is 0.0369. The molecule has 4 heteroatoms. The zero-order valence-corrected chi connectivity index (χ0v) is 13.1. The van der Waals surface area contributed by atoms with Gasteiger partial charge in [0.15, 0.2) is 0 Å². The van der Waals surface area contributed by atoms with Gasteiger partial charge in [0.2, 0.25) is 0 Å². The van der Waals surface area contributed by atoms with Crippen molar-refractivity contribution in [3.05, 3.63) is 29.3 Å². The Morgan fingerprint density at radius 1 is 1.37 bits per heavy atom. The molecule has 0 aliphatic rings. The van der Waals surface area contributed by atoms with Gasteiger partial charge in [0.1, 0.15) is 0 Å². The molecule has 1 aromatic carbocycles. The smallest absolute Gasteiger partial charge is 0.251 e. The number of carbonyl (C=O) groups is 1. The first-order valence-corrected chi connectivity index (χ1v) is 7.90. The molecule has 0 fully saturated rings. The summed E-state index contributed by atoms with van der Waals surface area (Å²) in [6.07, 6.45) is 3.71. The molecule has 0 saturated heterocycles. The molecule has 3 N–H and O–H groups in total. The largest absolute Gasteiger partial charge is 0.350 e. The number of aryl methyl sites for hydroxylation is 1. The van der Waals surface area contributed by atoms with Crippen molar-refractivity contribution >= 4 is 17.7 Å². The molecule has 0 saturated carbocycles. The standard InChI is InChI=1S/C15H24N2OS/c1-5-15(16,6-2)10-17-14(18)13-9-12(19-4)8-7-11(13)3/h7-9H,5-6,10,16H2,1-4H3,(H,17,18). The Labute approximate surface area is 120 Å². The third kappa shape index (κ3) is 4.25. The van der Waals surface area contributed by atoms with Crippen LogP contribution in [0.1, 0.15) is 42.6 Å². The van der Waals surface area contributed by atoms with E-state index in [0.717, 1.165) is 28.9 Å². The van der Waals surface area contributed by atoms with Gasteiger partial charge in [-0.2, -0.15) is 0 Å². The summed E-state index contributed by atoms with van der Waals surface area (Å²) in [5.41, 5.74) is 7.62. The van der Waals surface area contributed by atoms with Gasteiger partial charge in [0, 0.05) is 22.5 Å². The summed E-state index contributed by atoms with van der Waals surface area (Å²) in [7, 11) is 0. The first kappa shape index (κ1) is 16.1. The molecule has 106 valence electrons. The molecule has 3 nitrogen and oxygen atoms in total. The minimum Gasteiger partial charge on any atom is -0.350 e. The molecule has 19 heavy (non-hydrogen) atoms. The summed E-state index contributed by atoms with van der Waals surface area (Å²) in [5, 5.41) is 2.96. The van der Waals surface area contributed by atoms with Crippen molar-refractivity contribution in [1.29, 1.82) is 0 Å². The number of benzene rings is 1. The SMILES string of the molecule is CCC(N)(CC)CNC(=O)c1cc(SC)ccc1C. The molecule has 1 rings (SSSR count). The second-order valence-electron chi connectivity index (χ2n) is 4.93. The van der Waals surface area contributed by atoms with E-state index >= 15 is 0 Å². The number of amides is 1. The van der Waals surface area contributed by atoms with E-state index in [9.17, 15) is 4.79 Å². The molecule has 0 aliphatic heterocycles. The molecular formula is C15H24N2OS. The Balaban J connectivity index is 2.78. The quantitative estimate of drug-likeness (QED) is 0.788. The van der Waals surface area contributed by atoms with Crippen LogP contribution in [-0.2, 0) is 0 Å². The van der Waals surface area contributed by atoms with Gasteiger partial charge in [-0.1, -0.05) is 19.9 Å². The van der Waals surface area contributed by atoms with Gasteiger partial charge in [-0.05, 0) is 43.7 Å². The molecule has 1 amide bonds. The van der Waals surface area contributed by atoms with Gasteiger partial charge < -0.3 is 11.1 Å². The molecule has 0 radical (unpaired) electrons. The van der Waals surface area contributed by atoms with Crippen LogP contribution < -0.4 is 11.1 Å². The van der Waals surface area contributed by atoms with E-state index in [0.29, 0.717) is 6.54 Å². The summed E-state index contributed by atoms with van der Waals surface area (Å²) in [6.45, 7) is 6.57. The highest BCUT2D eigenvalue weighted by Gasteiger charge is 2.21. The second-order valence-corrected chi connectivity index (χ2v) is 5.81. The number of carbonyl (C=O) groups excluding carboxylic acids is 1. The number of hydrogen-bond acceptors (Lipinski definition) is 3. The third-order valence-corrected chi connectivity index (χ3v) is 4.42. The fourth-order valence-electron chi connectivity index (χ4n) is 1.82. The fraction of sp³-hybridized carbons (Fsp3) is 0.533. The van der Waals surface area contributed by atoms with Crippen LogP contribution in [0.4, 0.5) is 0 Å². The molecule has 0 aromatic heterocycles. The highest BCUT2D eigenvalue weighted by molar-refractivity contribution is 7.98. The highest BCUT2D eigenvalue weighted by Crippen LogP contribution is 2.19. The number of hydrogen-bond donors (Lipinski definition) is 2. The monoisotopic (exact) mass is 280 g/mol. The lowest BCUT2D eigenvalue weighted by Gasteiger charge is -2.27. The molecule has 1 aromatic rings. The third-order valence-electron chi connectivity index (χ3n) is 3.70. The van der Waals surface area contributed by atoms with Crippen LogP contribution in [0.5, 0.6) is 0 Å². The van der Waals surface area contributed by atoms with Crippen LogP contribution in [0.15, 0.2) is 23.1 Å². The van der Waals surface area contributed by atoms with Gasteiger partial charge in [-0.3, -0.25) is 4.79 Å². The van der Waals surface area contributed by atoms with Crippen molar-refractivity contribution in [3.8, 4) is 0 Å². The van der Waals surface area contributed by atoms with Crippen LogP contribution in [0, 0.1) is 6.92 Å². The average Bonchev–Trinajstić information content (AvgIpc) is 2.45. The van der Waals surface area contributed by atoms with E-state index in [4.69, 9.17) is 5.73 Å². The maximum Gasteiger partial charge on any atom is 0.251 e. The van der Waals surface area contributed by atoms with Crippen molar-refractivity contribution < 1.29 is 4.79 Å². The minimum atomic E-state index is -0.305. The zero-order chi connectivity index (χ0) is 14.5. The molecule has 0 atom stereocenters. The van der Waals surface area contributed by atoms with E-state index < -0.39 is 0 Å². The van der Waals surface area contributed by atoms with Crippen molar-refractivity contribution in [2.24, 2.45) is 5.73 Å². The average molecular weight is 280 g/mol. The summed E-state index contributed by atoms with van der Waals surface area (Å²) >= 11 is 1.64. The normalized spacial score (nSPS) is 11.4. The van der Waals surface area contributed by atoms with Gasteiger partial charge >= 0.3 is 0 Å². The topological polar surface area (TPSA) is 55.1 Å². The van der Waals surface area contributed by atoms with Crippen LogP contribution in [0.3, 0.4) is 0 Å². The van der Waals surface area contributed by atoms with Crippen molar-refractivity contribution in [2.45, 2.75) is 44.0 Å². The Morgan fingerprint density at radius 2 is 2.00 bits per heavy atom. The number of nitrogens with one attached hydrogen (secondary N) is 1. The Kier molecular flexibility index (Phi) is 5.88. The summed E-state index contributed by atoms with van der Waals surface area (Å²) in [5.74, 6) is -0.0369. The van der Waals surface area contributed by atoms with E-state index in [1.807, 2.05) is 31.4 Å². The first-order chi connectivity index (χ1) is 8.95. The zero-order valence-electron chi connectivity index (χ0n) is 12.2. The Hall–Kier alpha value is -1.00. The lowest BCUT2D eigenvalue weighted by molar-refractivity contribution is 0.0941. The van der Waals surface area contributed by atoms with Crippen LogP contribution >= 0.6 is 11.8 Å². The number of rotatable bonds is 6. The summed E-state index contributed by atoms with van der Waals surface area (Å²) in [6, 6.07) is 5.95. The van der Waals surface area contributed by atoms with Crippen LogP contribution in [0.2, 0.25) is 0 Å². The van der Waals surface area contributed by atoms with E-state index in [-0.39, 0.29) is 11.4 Å². The molecular weight excluding hydrogens is 256 g/mol. The van der Waals surface area contributed by atoms with Gasteiger partial charge in [-0.25, -0.2) is 0 Å². The van der Waals surface area contributed by atoms with Gasteiger partial charge in [0.05, 0.1) is 0 Å². The highest BCUT2D eigenvalue weighted by atomic mass is 32.2. The molecule has 0 heterocycles. The van der Waals surface area contributed by atoms with E-state index in [1.54, 1.807) is 11.8 Å². The van der Waals surface area contributed by atoms with Gasteiger partial charge in [-0.15, -0.1) is 11.8 Å².